The largest absolute Gasteiger partial charge is 0.466 e. The molecule has 6 nitrogen and oxygen atoms in total. The summed E-state index contributed by atoms with van der Waals surface area (Å²) in [7, 11) is 1.81. The van der Waals surface area contributed by atoms with Crippen LogP contribution in [-0.4, -0.2) is 63.3 Å². The van der Waals surface area contributed by atoms with E-state index in [9.17, 15) is 4.79 Å². The molecule has 1 aromatic rings. The Kier molecular flexibility index (Phi) is 10.2. The van der Waals surface area contributed by atoms with Gasteiger partial charge >= 0.3 is 5.97 Å². The fraction of sp³-hybridized carbons (Fsp3) is 0.636. The van der Waals surface area contributed by atoms with Crippen LogP contribution in [0.4, 0.5) is 0 Å². The Morgan fingerprint density at radius 1 is 1.30 bits per heavy atom. The molecule has 1 N–H and O–H groups in total. The van der Waals surface area contributed by atoms with E-state index in [0.29, 0.717) is 6.61 Å². The van der Waals surface area contributed by atoms with Crippen molar-refractivity contribution in [3.63, 3.8) is 0 Å². The molecule has 168 valence electrons. The molecule has 2 heterocycles. The second-order valence-corrected chi connectivity index (χ2v) is 8.19. The number of esters is 1. The van der Waals surface area contributed by atoms with Crippen LogP contribution in [0.1, 0.15) is 38.2 Å². The number of aliphatic imine (C=N–C) groups is 1. The van der Waals surface area contributed by atoms with Gasteiger partial charge in [-0.3, -0.25) is 9.79 Å². The molecule has 2 aliphatic rings. The molecule has 8 heteroatoms. The molecule has 2 saturated heterocycles. The van der Waals surface area contributed by atoms with Gasteiger partial charge in [0, 0.05) is 50.3 Å². The van der Waals surface area contributed by atoms with Crippen molar-refractivity contribution < 1.29 is 14.3 Å². The molecule has 0 aromatic heterocycles. The molecule has 0 radical (unpaired) electrons. The monoisotopic (exact) mass is 549 g/mol. The minimum atomic E-state index is -0.0741. The van der Waals surface area contributed by atoms with E-state index in [2.05, 4.69) is 21.3 Å². The first kappa shape index (κ1) is 25.2. The van der Waals surface area contributed by atoms with Crippen LogP contribution in [0.3, 0.4) is 0 Å². The minimum absolute atomic E-state index is 0. The third-order valence-corrected chi connectivity index (χ3v) is 6.44. The summed E-state index contributed by atoms with van der Waals surface area (Å²) >= 11 is 6.56. The number of hydrogen-bond acceptors (Lipinski definition) is 4. The molecule has 2 aliphatic heterocycles. The first-order valence-electron chi connectivity index (χ1n) is 10.5. The second kappa shape index (κ2) is 12.1. The second-order valence-electron chi connectivity index (χ2n) is 7.79. The Bertz CT molecular complexity index is 717. The molecule has 0 saturated carbocycles. The van der Waals surface area contributed by atoms with Crippen LogP contribution in [0.15, 0.2) is 29.3 Å². The lowest BCUT2D eigenvalue weighted by Gasteiger charge is -2.40. The van der Waals surface area contributed by atoms with Gasteiger partial charge in [-0.05, 0) is 44.2 Å². The number of nitrogens with zero attached hydrogens (tertiary/aromatic N) is 2. The Morgan fingerprint density at radius 2 is 1.97 bits per heavy atom. The molecule has 30 heavy (non-hydrogen) atoms. The fourth-order valence-electron chi connectivity index (χ4n) is 4.36. The number of carbonyl (C=O) groups is 1. The van der Waals surface area contributed by atoms with Crippen LogP contribution in [0.5, 0.6) is 0 Å². The summed E-state index contributed by atoms with van der Waals surface area (Å²) in [4.78, 5) is 18.7. The van der Waals surface area contributed by atoms with Crippen molar-refractivity contribution in [2.24, 2.45) is 10.9 Å². The number of hydrogen-bond donors (Lipinski definition) is 1. The third kappa shape index (κ3) is 6.01. The van der Waals surface area contributed by atoms with Crippen LogP contribution in [0.2, 0.25) is 5.02 Å². The van der Waals surface area contributed by atoms with E-state index >= 15 is 0 Å². The number of ether oxygens (including phenoxy) is 2. The highest BCUT2D eigenvalue weighted by atomic mass is 127. The van der Waals surface area contributed by atoms with Gasteiger partial charge in [0.25, 0.3) is 0 Å². The number of rotatable bonds is 5. The first-order chi connectivity index (χ1) is 14.1. The fourth-order valence-corrected chi connectivity index (χ4v) is 4.70. The van der Waals surface area contributed by atoms with Crippen LogP contribution < -0.4 is 5.32 Å². The van der Waals surface area contributed by atoms with Crippen LogP contribution in [-0.2, 0) is 19.7 Å². The summed E-state index contributed by atoms with van der Waals surface area (Å²) in [5, 5.41) is 4.40. The lowest BCUT2D eigenvalue weighted by molar-refractivity contribution is -0.149. The highest BCUT2D eigenvalue weighted by Gasteiger charge is 2.37. The van der Waals surface area contributed by atoms with Crippen molar-refractivity contribution in [1.82, 2.24) is 10.2 Å². The summed E-state index contributed by atoms with van der Waals surface area (Å²) in [5.41, 5.74) is 1.10. The molecule has 0 spiro atoms. The highest BCUT2D eigenvalue weighted by molar-refractivity contribution is 14.0. The van der Waals surface area contributed by atoms with E-state index in [-0.39, 0.29) is 41.3 Å². The average molecular weight is 550 g/mol. The number of likely N-dealkylation sites (tertiary alicyclic amines) is 1. The molecular formula is C22H33ClIN3O3. The summed E-state index contributed by atoms with van der Waals surface area (Å²) in [6.07, 6.45) is 3.43. The maximum absolute atomic E-state index is 12.0. The Hall–Kier alpha value is -1.06. The van der Waals surface area contributed by atoms with Crippen molar-refractivity contribution in [3.05, 3.63) is 34.9 Å². The topological polar surface area (TPSA) is 63.2 Å². The zero-order valence-electron chi connectivity index (χ0n) is 17.9. The van der Waals surface area contributed by atoms with E-state index in [1.807, 2.05) is 32.2 Å². The molecule has 0 bridgehead atoms. The Balaban J connectivity index is 0.00000320. The number of carbonyl (C=O) groups excluding carboxylic acids is 1. The Morgan fingerprint density at radius 3 is 2.57 bits per heavy atom. The quantitative estimate of drug-likeness (QED) is 0.262. The maximum atomic E-state index is 12.0. The SMILES string of the molecule is CCOC(=O)C1CCN(C(=NC)NCC2(c3ccccc3Cl)CCOCC2)CC1.I. The van der Waals surface area contributed by atoms with Crippen LogP contribution in [0, 0.1) is 5.92 Å². The third-order valence-electron chi connectivity index (χ3n) is 6.11. The van der Waals surface area contributed by atoms with Gasteiger partial charge in [0.1, 0.15) is 0 Å². The average Bonchev–Trinajstić information content (AvgIpc) is 2.76. The molecule has 0 amide bonds. The predicted octanol–water partition coefficient (Wildman–Crippen LogP) is 3.86. The van der Waals surface area contributed by atoms with Crippen molar-refractivity contribution in [1.29, 1.82) is 0 Å². The van der Waals surface area contributed by atoms with Gasteiger partial charge in [-0.15, -0.1) is 24.0 Å². The minimum Gasteiger partial charge on any atom is -0.466 e. The molecule has 0 unspecified atom stereocenters. The lowest BCUT2D eigenvalue weighted by Crippen LogP contribution is -2.51. The van der Waals surface area contributed by atoms with Crippen molar-refractivity contribution in [3.8, 4) is 0 Å². The van der Waals surface area contributed by atoms with Gasteiger partial charge in [0.15, 0.2) is 5.96 Å². The number of guanidine groups is 1. The lowest BCUT2D eigenvalue weighted by atomic mass is 9.74. The summed E-state index contributed by atoms with van der Waals surface area (Å²) in [6, 6.07) is 8.11. The van der Waals surface area contributed by atoms with E-state index in [1.165, 1.54) is 5.56 Å². The number of benzene rings is 1. The maximum Gasteiger partial charge on any atom is 0.309 e. The van der Waals surface area contributed by atoms with E-state index in [1.54, 1.807) is 0 Å². The molecule has 1 aromatic carbocycles. The van der Waals surface area contributed by atoms with Gasteiger partial charge in [-0.25, -0.2) is 0 Å². The van der Waals surface area contributed by atoms with Gasteiger partial charge < -0.3 is 19.7 Å². The number of nitrogens with one attached hydrogen (secondary N) is 1. The molecule has 0 atom stereocenters. The number of halogens is 2. The first-order valence-corrected chi connectivity index (χ1v) is 10.9. The molecule has 2 fully saturated rings. The summed E-state index contributed by atoms with van der Waals surface area (Å²) < 4.78 is 10.8. The standard InChI is InChI=1S/C22H32ClN3O3.HI/c1-3-29-20(27)17-8-12-26(13-9-17)21(24-2)25-16-22(10-14-28-15-11-22)18-6-4-5-7-19(18)23;/h4-7,17H,3,8-16H2,1-2H3,(H,24,25);1H. The summed E-state index contributed by atoms with van der Waals surface area (Å²) in [5.74, 6) is 0.800. The normalized spacial score (nSPS) is 19.7. The summed E-state index contributed by atoms with van der Waals surface area (Å²) in [6.45, 7) is 6.11. The van der Waals surface area contributed by atoms with Crippen LogP contribution in [0.25, 0.3) is 0 Å². The predicted molar refractivity (Wildman–Crippen MR) is 131 cm³/mol. The van der Waals surface area contributed by atoms with E-state index in [4.69, 9.17) is 21.1 Å². The van der Waals surface area contributed by atoms with Gasteiger partial charge in [-0.2, -0.15) is 0 Å². The van der Waals surface area contributed by atoms with E-state index < -0.39 is 0 Å². The van der Waals surface area contributed by atoms with Crippen LogP contribution >= 0.6 is 35.6 Å². The Labute approximate surface area is 201 Å². The molecule has 0 aliphatic carbocycles. The van der Waals surface area contributed by atoms with Crippen molar-refractivity contribution in [2.75, 3.05) is 46.5 Å². The van der Waals surface area contributed by atoms with Gasteiger partial charge in [-0.1, -0.05) is 29.8 Å². The molecule has 3 rings (SSSR count). The van der Waals surface area contributed by atoms with Crippen molar-refractivity contribution in [2.45, 2.75) is 38.0 Å². The van der Waals surface area contributed by atoms with Gasteiger partial charge in [0.2, 0.25) is 0 Å². The van der Waals surface area contributed by atoms with E-state index in [0.717, 1.165) is 69.5 Å². The van der Waals surface area contributed by atoms with Gasteiger partial charge in [0.05, 0.1) is 12.5 Å². The smallest absolute Gasteiger partial charge is 0.309 e. The molecular weight excluding hydrogens is 517 g/mol. The zero-order chi connectivity index (χ0) is 20.7. The highest BCUT2D eigenvalue weighted by Crippen LogP contribution is 2.38. The number of piperidine rings is 1. The van der Waals surface area contributed by atoms with Crippen molar-refractivity contribution >= 4 is 47.5 Å². The zero-order valence-corrected chi connectivity index (χ0v) is 20.9.